The van der Waals surface area contributed by atoms with Gasteiger partial charge in [0.15, 0.2) is 28.1 Å². The SMILES string of the molecule is CN(C(=O)COC(=O)c1cc(F)c(F)cc1Cl)[C@H]1CCS(=O)(=O)C1. The van der Waals surface area contributed by atoms with Crippen LogP contribution in [0, 0.1) is 11.6 Å². The molecule has 1 atom stereocenters. The van der Waals surface area contributed by atoms with E-state index in [0.717, 1.165) is 0 Å². The standard InChI is InChI=1S/C14H14ClF2NO5S/c1-18(8-2-3-24(21,22)7-8)13(19)6-23-14(20)9-4-11(16)12(17)5-10(9)15/h4-5,8H,2-3,6-7H2,1H3/t8-/m0/s1. The number of likely N-dealkylation sites (N-methyl/N-ethyl adjacent to an activating group) is 1. The lowest BCUT2D eigenvalue weighted by molar-refractivity contribution is -0.134. The first-order chi connectivity index (χ1) is 11.1. The van der Waals surface area contributed by atoms with Gasteiger partial charge in [0.1, 0.15) is 0 Å². The number of amides is 1. The van der Waals surface area contributed by atoms with Crippen molar-refractivity contribution in [2.45, 2.75) is 12.5 Å². The van der Waals surface area contributed by atoms with E-state index >= 15 is 0 Å². The van der Waals surface area contributed by atoms with Crippen molar-refractivity contribution >= 4 is 33.3 Å². The number of hydrogen-bond donors (Lipinski definition) is 0. The molecule has 2 rings (SSSR count). The zero-order valence-corrected chi connectivity index (χ0v) is 14.2. The van der Waals surface area contributed by atoms with Crippen LogP contribution in [-0.2, 0) is 19.4 Å². The van der Waals surface area contributed by atoms with Crippen LogP contribution in [-0.4, -0.2) is 56.4 Å². The number of ether oxygens (including phenoxy) is 1. The van der Waals surface area contributed by atoms with Gasteiger partial charge in [-0.25, -0.2) is 22.0 Å². The number of carbonyl (C=O) groups excluding carboxylic acids is 2. The Morgan fingerprint density at radius 1 is 1.33 bits per heavy atom. The summed E-state index contributed by atoms with van der Waals surface area (Å²) < 4.78 is 53.7. The number of esters is 1. The lowest BCUT2D eigenvalue weighted by Gasteiger charge is -2.23. The molecule has 24 heavy (non-hydrogen) atoms. The highest BCUT2D eigenvalue weighted by Crippen LogP contribution is 2.21. The normalized spacial score (nSPS) is 19.1. The third kappa shape index (κ3) is 4.21. The monoisotopic (exact) mass is 381 g/mol. The van der Waals surface area contributed by atoms with Crippen LogP contribution in [0.25, 0.3) is 0 Å². The molecule has 1 amide bonds. The first-order valence-electron chi connectivity index (χ1n) is 6.88. The van der Waals surface area contributed by atoms with Crippen LogP contribution in [0.15, 0.2) is 12.1 Å². The Labute approximate surface area is 142 Å². The van der Waals surface area contributed by atoms with Crippen LogP contribution in [0.5, 0.6) is 0 Å². The highest BCUT2D eigenvalue weighted by Gasteiger charge is 2.33. The quantitative estimate of drug-likeness (QED) is 0.582. The van der Waals surface area contributed by atoms with Crippen molar-refractivity contribution < 1.29 is 31.5 Å². The molecule has 1 aromatic rings. The molecule has 10 heteroatoms. The third-order valence-electron chi connectivity index (χ3n) is 3.71. The highest BCUT2D eigenvalue weighted by molar-refractivity contribution is 7.91. The lowest BCUT2D eigenvalue weighted by atomic mass is 10.2. The summed E-state index contributed by atoms with van der Waals surface area (Å²) in [7, 11) is -1.75. The molecule has 0 bridgehead atoms. The molecule has 0 saturated carbocycles. The summed E-state index contributed by atoms with van der Waals surface area (Å²) in [6.45, 7) is -0.665. The number of halogens is 3. The number of benzene rings is 1. The van der Waals surface area contributed by atoms with E-state index in [1.807, 2.05) is 0 Å². The van der Waals surface area contributed by atoms with Gasteiger partial charge in [0, 0.05) is 13.1 Å². The molecule has 1 heterocycles. The fourth-order valence-electron chi connectivity index (χ4n) is 2.27. The Balaban J connectivity index is 1.96. The van der Waals surface area contributed by atoms with Gasteiger partial charge < -0.3 is 9.64 Å². The van der Waals surface area contributed by atoms with Crippen molar-refractivity contribution in [1.29, 1.82) is 0 Å². The number of nitrogens with zero attached hydrogens (tertiary/aromatic N) is 1. The number of carbonyl (C=O) groups is 2. The van der Waals surface area contributed by atoms with Crippen LogP contribution < -0.4 is 0 Å². The second-order valence-electron chi connectivity index (χ2n) is 5.38. The highest BCUT2D eigenvalue weighted by atomic mass is 35.5. The number of sulfone groups is 1. The minimum absolute atomic E-state index is 0.000458. The molecule has 0 aliphatic carbocycles. The van der Waals surface area contributed by atoms with Gasteiger partial charge in [-0.15, -0.1) is 0 Å². The van der Waals surface area contributed by atoms with Gasteiger partial charge in [-0.2, -0.15) is 0 Å². The molecule has 0 aromatic heterocycles. The van der Waals surface area contributed by atoms with Crippen LogP contribution in [0.2, 0.25) is 5.02 Å². The second-order valence-corrected chi connectivity index (χ2v) is 8.02. The van der Waals surface area contributed by atoms with Crippen LogP contribution in [0.3, 0.4) is 0 Å². The molecular weight excluding hydrogens is 368 g/mol. The van der Waals surface area contributed by atoms with Gasteiger partial charge in [-0.3, -0.25) is 4.79 Å². The Kier molecular flexibility index (Phi) is 5.44. The fraction of sp³-hybridized carbons (Fsp3) is 0.429. The second kappa shape index (κ2) is 7.02. The summed E-state index contributed by atoms with van der Waals surface area (Å²) in [6, 6.07) is 0.732. The summed E-state index contributed by atoms with van der Waals surface area (Å²) in [4.78, 5) is 25.0. The largest absolute Gasteiger partial charge is 0.452 e. The predicted molar refractivity (Wildman–Crippen MR) is 81.5 cm³/mol. The van der Waals surface area contributed by atoms with E-state index in [0.29, 0.717) is 18.6 Å². The number of hydrogen-bond acceptors (Lipinski definition) is 5. The third-order valence-corrected chi connectivity index (χ3v) is 5.77. The molecule has 0 radical (unpaired) electrons. The fourth-order valence-corrected chi connectivity index (χ4v) is 4.27. The maximum Gasteiger partial charge on any atom is 0.340 e. The van der Waals surface area contributed by atoms with Gasteiger partial charge in [0.05, 0.1) is 22.1 Å². The lowest BCUT2D eigenvalue weighted by Crippen LogP contribution is -2.40. The summed E-state index contributed by atoms with van der Waals surface area (Å²) >= 11 is 5.64. The minimum Gasteiger partial charge on any atom is -0.452 e. The van der Waals surface area contributed by atoms with E-state index in [9.17, 15) is 26.8 Å². The molecule has 1 saturated heterocycles. The van der Waals surface area contributed by atoms with Gasteiger partial charge in [0.25, 0.3) is 5.91 Å². The Hall–Kier alpha value is -1.74. The Morgan fingerprint density at radius 3 is 2.54 bits per heavy atom. The van der Waals surface area contributed by atoms with E-state index < -0.39 is 51.6 Å². The van der Waals surface area contributed by atoms with Gasteiger partial charge in [-0.05, 0) is 18.6 Å². The first kappa shape index (κ1) is 18.6. The predicted octanol–water partition coefficient (Wildman–Crippen LogP) is 1.42. The summed E-state index contributed by atoms with van der Waals surface area (Å²) in [5.41, 5.74) is -0.408. The van der Waals surface area contributed by atoms with Crippen molar-refractivity contribution in [3.8, 4) is 0 Å². The van der Waals surface area contributed by atoms with Crippen molar-refractivity contribution in [2.24, 2.45) is 0 Å². The first-order valence-corrected chi connectivity index (χ1v) is 9.08. The van der Waals surface area contributed by atoms with Crippen LogP contribution in [0.1, 0.15) is 16.8 Å². The Morgan fingerprint density at radius 2 is 1.96 bits per heavy atom. The molecular formula is C14H14ClF2NO5S. The topological polar surface area (TPSA) is 80.8 Å². The molecule has 1 aliphatic heterocycles. The van der Waals surface area contributed by atoms with Crippen molar-refractivity contribution in [3.05, 3.63) is 34.4 Å². The van der Waals surface area contributed by atoms with E-state index in [1.165, 1.54) is 11.9 Å². The molecule has 1 aromatic carbocycles. The van der Waals surface area contributed by atoms with Crippen LogP contribution >= 0.6 is 11.6 Å². The number of rotatable bonds is 4. The van der Waals surface area contributed by atoms with Gasteiger partial charge in [-0.1, -0.05) is 11.6 Å². The zero-order valence-electron chi connectivity index (χ0n) is 12.6. The maximum absolute atomic E-state index is 13.2. The van der Waals surface area contributed by atoms with Crippen LogP contribution in [0.4, 0.5) is 8.78 Å². The summed E-state index contributed by atoms with van der Waals surface area (Å²) in [6.07, 6.45) is 0.313. The van der Waals surface area contributed by atoms with E-state index in [4.69, 9.17) is 16.3 Å². The van der Waals surface area contributed by atoms with Crippen molar-refractivity contribution in [1.82, 2.24) is 4.90 Å². The van der Waals surface area contributed by atoms with Gasteiger partial charge in [0.2, 0.25) is 0 Å². The molecule has 1 aliphatic rings. The van der Waals surface area contributed by atoms with E-state index in [-0.39, 0.29) is 16.5 Å². The molecule has 0 N–H and O–H groups in total. The summed E-state index contributed by atoms with van der Waals surface area (Å²) in [5.74, 6) is -4.32. The average molecular weight is 382 g/mol. The average Bonchev–Trinajstić information content (AvgIpc) is 2.87. The smallest absolute Gasteiger partial charge is 0.340 e. The van der Waals surface area contributed by atoms with E-state index in [2.05, 4.69) is 0 Å². The molecule has 1 fully saturated rings. The molecule has 0 unspecified atom stereocenters. The summed E-state index contributed by atoms with van der Waals surface area (Å²) in [5, 5.41) is -0.346. The van der Waals surface area contributed by atoms with Gasteiger partial charge >= 0.3 is 5.97 Å². The molecule has 0 spiro atoms. The zero-order chi connectivity index (χ0) is 18.1. The Bertz CT molecular complexity index is 784. The van der Waals surface area contributed by atoms with Crippen molar-refractivity contribution in [3.63, 3.8) is 0 Å². The maximum atomic E-state index is 13.2. The van der Waals surface area contributed by atoms with E-state index in [1.54, 1.807) is 0 Å². The van der Waals surface area contributed by atoms with Crippen molar-refractivity contribution in [2.75, 3.05) is 25.2 Å². The minimum atomic E-state index is -3.16. The molecule has 132 valence electrons. The molecule has 6 nitrogen and oxygen atoms in total.